The van der Waals surface area contributed by atoms with Gasteiger partial charge >= 0.3 is 0 Å². The first-order valence-electron chi connectivity index (χ1n) is 19.7. The van der Waals surface area contributed by atoms with E-state index >= 15 is 0 Å². The summed E-state index contributed by atoms with van der Waals surface area (Å²) in [6, 6.07) is 79.0. The molecule has 0 aliphatic carbocycles. The fraction of sp³-hybridized carbons (Fsp3) is 0.0357. The zero-order valence-corrected chi connectivity index (χ0v) is 32.3. The monoisotopic (exact) mass is 729 g/mol. The summed E-state index contributed by atoms with van der Waals surface area (Å²) in [7, 11) is 0. The highest BCUT2D eigenvalue weighted by molar-refractivity contribution is 5.94. The van der Waals surface area contributed by atoms with Crippen LogP contribution < -0.4 is 4.90 Å². The van der Waals surface area contributed by atoms with Crippen molar-refractivity contribution in [3.05, 3.63) is 235 Å². The minimum absolute atomic E-state index is 1.09. The highest BCUT2D eigenvalue weighted by Crippen LogP contribution is 2.43. The first-order valence-corrected chi connectivity index (χ1v) is 19.7. The Balaban J connectivity index is 1.19. The maximum absolute atomic E-state index is 2.41. The maximum atomic E-state index is 2.41. The van der Waals surface area contributed by atoms with Gasteiger partial charge in [0, 0.05) is 16.9 Å². The van der Waals surface area contributed by atoms with Crippen molar-refractivity contribution >= 4 is 39.5 Å². The number of nitrogens with zero attached hydrogens (tertiary/aromatic N) is 1. The topological polar surface area (TPSA) is 3.24 Å². The van der Waals surface area contributed by atoms with Gasteiger partial charge in [-0.3, -0.25) is 0 Å². The predicted octanol–water partition coefficient (Wildman–Crippen LogP) is 15.8. The normalized spacial score (nSPS) is 11.4. The summed E-state index contributed by atoms with van der Waals surface area (Å²) in [5, 5.41) is 2.48. The molecule has 0 N–H and O–H groups in total. The predicted molar refractivity (Wildman–Crippen MR) is 245 cm³/mol. The fourth-order valence-electron chi connectivity index (χ4n) is 7.85. The number of allylic oxidation sites excluding steroid dienone is 1. The summed E-state index contributed by atoms with van der Waals surface area (Å²) in [5.74, 6) is 0. The molecule has 0 heterocycles. The lowest BCUT2D eigenvalue weighted by Crippen LogP contribution is -2.12. The molecule has 0 fully saturated rings. The van der Waals surface area contributed by atoms with Crippen LogP contribution >= 0.6 is 0 Å². The Kier molecular flexibility index (Phi) is 9.88. The molecule has 0 aliphatic rings. The van der Waals surface area contributed by atoms with Crippen molar-refractivity contribution in [1.29, 1.82) is 0 Å². The largest absolute Gasteiger partial charge is 0.310 e. The van der Waals surface area contributed by atoms with Crippen LogP contribution in [0.2, 0.25) is 0 Å². The second-order valence-corrected chi connectivity index (χ2v) is 14.7. The van der Waals surface area contributed by atoms with Gasteiger partial charge in [0.25, 0.3) is 0 Å². The van der Waals surface area contributed by atoms with Crippen molar-refractivity contribution in [3.63, 3.8) is 0 Å². The number of hydrogen-bond donors (Lipinski definition) is 0. The second kappa shape index (κ2) is 15.9. The van der Waals surface area contributed by atoms with Gasteiger partial charge in [-0.25, -0.2) is 0 Å². The van der Waals surface area contributed by atoms with Crippen LogP contribution in [-0.2, 0) is 0 Å². The minimum atomic E-state index is 1.09. The molecule has 1 nitrogen and oxygen atoms in total. The lowest BCUT2D eigenvalue weighted by atomic mass is 9.93. The number of fused-ring (bicyclic) bond motifs is 1. The average molecular weight is 730 g/mol. The quantitative estimate of drug-likeness (QED) is 0.134. The molecule has 0 radical (unpaired) electrons. The molecule has 1 heteroatoms. The summed E-state index contributed by atoms with van der Waals surface area (Å²) in [6.07, 6.45) is 2.32. The molecule has 272 valence electrons. The van der Waals surface area contributed by atoms with Crippen molar-refractivity contribution in [2.24, 2.45) is 0 Å². The summed E-state index contributed by atoms with van der Waals surface area (Å²) in [4.78, 5) is 2.41. The van der Waals surface area contributed by atoms with Crippen LogP contribution in [0.1, 0.15) is 23.6 Å². The third-order valence-corrected chi connectivity index (χ3v) is 10.9. The Morgan fingerprint density at radius 1 is 0.368 bits per heavy atom. The summed E-state index contributed by atoms with van der Waals surface area (Å²) in [5.41, 5.74) is 17.7. The van der Waals surface area contributed by atoms with Crippen LogP contribution in [0.5, 0.6) is 0 Å². The molecule has 0 unspecified atom stereocenters. The van der Waals surface area contributed by atoms with Gasteiger partial charge in [-0.05, 0) is 140 Å². The van der Waals surface area contributed by atoms with Gasteiger partial charge in [-0.2, -0.15) is 0 Å². The van der Waals surface area contributed by atoms with Gasteiger partial charge in [0.1, 0.15) is 0 Å². The van der Waals surface area contributed by atoms with Crippen LogP contribution in [0, 0.1) is 6.92 Å². The van der Waals surface area contributed by atoms with Gasteiger partial charge < -0.3 is 4.90 Å². The Bertz CT molecular complexity index is 2780. The molecule has 0 spiro atoms. The second-order valence-electron chi connectivity index (χ2n) is 14.7. The smallest absolute Gasteiger partial charge is 0.0542 e. The lowest BCUT2D eigenvalue weighted by Gasteiger charge is -2.29. The molecule has 0 saturated carbocycles. The lowest BCUT2D eigenvalue weighted by molar-refractivity contribution is 1.27. The van der Waals surface area contributed by atoms with Gasteiger partial charge in [0.2, 0.25) is 0 Å². The maximum Gasteiger partial charge on any atom is 0.0542 e. The number of aryl methyl sites for hydroxylation is 1. The van der Waals surface area contributed by atoms with E-state index in [0.29, 0.717) is 0 Å². The van der Waals surface area contributed by atoms with Crippen LogP contribution in [0.3, 0.4) is 0 Å². The van der Waals surface area contributed by atoms with Gasteiger partial charge in [0.05, 0.1) is 5.69 Å². The SMILES string of the molecule is C/C(=C\c1ccccc1C)c1ccc(-c2ccc3ccccc3c2)cc1N(c1ccccc1)c1ccc(-c2cc(-c3ccccc3)cc(-c3ccccc3)c2)cc1. The van der Waals surface area contributed by atoms with Crippen molar-refractivity contribution in [1.82, 2.24) is 0 Å². The number of rotatable bonds is 9. The van der Waals surface area contributed by atoms with E-state index in [2.05, 4.69) is 243 Å². The van der Waals surface area contributed by atoms with E-state index in [1.165, 1.54) is 77.5 Å². The van der Waals surface area contributed by atoms with Crippen molar-refractivity contribution in [2.45, 2.75) is 13.8 Å². The van der Waals surface area contributed by atoms with Crippen molar-refractivity contribution in [2.75, 3.05) is 4.90 Å². The summed E-state index contributed by atoms with van der Waals surface area (Å²) >= 11 is 0. The molecule has 0 aromatic heterocycles. The summed E-state index contributed by atoms with van der Waals surface area (Å²) in [6.45, 7) is 4.41. The van der Waals surface area contributed by atoms with E-state index in [4.69, 9.17) is 0 Å². The van der Waals surface area contributed by atoms with Crippen molar-refractivity contribution < 1.29 is 0 Å². The molecule has 57 heavy (non-hydrogen) atoms. The zero-order chi connectivity index (χ0) is 38.6. The number of para-hydroxylation sites is 1. The Morgan fingerprint density at radius 3 is 1.47 bits per heavy atom. The van der Waals surface area contributed by atoms with E-state index in [-0.39, 0.29) is 0 Å². The molecular weight excluding hydrogens is 687 g/mol. The standard InChI is InChI=1S/C56H43N/c1-40-16-12-13-22-46(40)34-41(2)55-33-30-49(48-27-26-44-21-14-15-23-47(44)35-48)39-56(55)57(53-24-10-5-11-25-53)54-31-28-45(29-32-54)52-37-50(42-17-6-3-7-18-42)36-51(38-52)43-19-8-4-9-20-43/h3-39H,1-2H3/b41-34+. The molecule has 9 rings (SSSR count). The van der Waals surface area contributed by atoms with E-state index in [1.807, 2.05) is 0 Å². The Morgan fingerprint density at radius 2 is 0.842 bits per heavy atom. The highest BCUT2D eigenvalue weighted by atomic mass is 15.1. The van der Waals surface area contributed by atoms with Gasteiger partial charge in [0.15, 0.2) is 0 Å². The average Bonchev–Trinajstić information content (AvgIpc) is 3.28. The third-order valence-electron chi connectivity index (χ3n) is 10.9. The van der Waals surface area contributed by atoms with Crippen LogP contribution in [0.25, 0.3) is 66.9 Å². The molecule has 0 amide bonds. The fourth-order valence-corrected chi connectivity index (χ4v) is 7.85. The molecule has 9 aromatic rings. The van der Waals surface area contributed by atoms with E-state index < -0.39 is 0 Å². The molecule has 0 saturated heterocycles. The number of benzene rings is 9. The molecule has 0 atom stereocenters. The van der Waals surface area contributed by atoms with Crippen molar-refractivity contribution in [3.8, 4) is 44.5 Å². The van der Waals surface area contributed by atoms with Gasteiger partial charge in [-0.1, -0.05) is 170 Å². The van der Waals surface area contributed by atoms with Crippen LogP contribution in [0.15, 0.2) is 218 Å². The molecule has 9 aromatic carbocycles. The van der Waals surface area contributed by atoms with E-state index in [1.54, 1.807) is 0 Å². The van der Waals surface area contributed by atoms with Crippen LogP contribution in [0.4, 0.5) is 17.1 Å². The zero-order valence-electron chi connectivity index (χ0n) is 32.3. The van der Waals surface area contributed by atoms with E-state index in [0.717, 1.165) is 17.1 Å². The molecule has 0 bridgehead atoms. The summed E-state index contributed by atoms with van der Waals surface area (Å²) < 4.78 is 0. The highest BCUT2D eigenvalue weighted by Gasteiger charge is 2.19. The molecular formula is C56H43N. The Labute approximate surface area is 336 Å². The number of hydrogen-bond acceptors (Lipinski definition) is 1. The first-order chi connectivity index (χ1) is 28.1. The molecule has 0 aliphatic heterocycles. The minimum Gasteiger partial charge on any atom is -0.310 e. The number of anilines is 3. The Hall–Kier alpha value is -7.22. The first kappa shape index (κ1) is 35.5. The third kappa shape index (κ3) is 7.57. The van der Waals surface area contributed by atoms with Gasteiger partial charge in [-0.15, -0.1) is 0 Å². The van der Waals surface area contributed by atoms with E-state index in [9.17, 15) is 0 Å². The van der Waals surface area contributed by atoms with Crippen LogP contribution in [-0.4, -0.2) is 0 Å².